The summed E-state index contributed by atoms with van der Waals surface area (Å²) in [6.07, 6.45) is 1.82. The lowest BCUT2D eigenvalue weighted by Gasteiger charge is -2.31. The molecule has 1 amide bonds. The van der Waals surface area contributed by atoms with Crippen LogP contribution < -0.4 is 5.73 Å². The third-order valence-electron chi connectivity index (χ3n) is 3.91. The van der Waals surface area contributed by atoms with Gasteiger partial charge in [0.1, 0.15) is 0 Å². The molecule has 1 unspecified atom stereocenters. The van der Waals surface area contributed by atoms with Crippen molar-refractivity contribution in [3.63, 3.8) is 0 Å². The molecule has 1 fully saturated rings. The zero-order chi connectivity index (χ0) is 15.7. The average Bonchev–Trinajstić information content (AvgIpc) is 2.94. The van der Waals surface area contributed by atoms with Gasteiger partial charge in [-0.3, -0.25) is 4.79 Å². The first-order chi connectivity index (χ1) is 10.5. The third-order valence-corrected chi connectivity index (χ3v) is 6.56. The number of nitrogens with zero attached hydrogens (tertiary/aromatic N) is 2. The van der Waals surface area contributed by atoms with Crippen LogP contribution in [0.3, 0.4) is 0 Å². The van der Waals surface area contributed by atoms with Gasteiger partial charge in [-0.1, -0.05) is 0 Å². The molecule has 1 aromatic carbocycles. The van der Waals surface area contributed by atoms with Gasteiger partial charge in [-0.05, 0) is 37.0 Å². The van der Waals surface area contributed by atoms with E-state index in [2.05, 4.69) is 4.98 Å². The molecule has 2 heterocycles. The van der Waals surface area contributed by atoms with Gasteiger partial charge >= 0.3 is 0 Å². The molecular formula is C14H17N3O3S2. The van der Waals surface area contributed by atoms with E-state index in [9.17, 15) is 13.2 Å². The van der Waals surface area contributed by atoms with Crippen LogP contribution in [-0.4, -0.2) is 36.7 Å². The van der Waals surface area contributed by atoms with Crippen LogP contribution in [0.2, 0.25) is 0 Å². The molecule has 1 aromatic heterocycles. The number of benzene rings is 1. The number of carbonyl (C=O) groups excluding carboxylic acids is 1. The van der Waals surface area contributed by atoms with E-state index in [1.165, 1.54) is 15.6 Å². The molecule has 1 atom stereocenters. The van der Waals surface area contributed by atoms with Crippen molar-refractivity contribution >= 4 is 37.5 Å². The zero-order valence-corrected chi connectivity index (χ0v) is 13.6. The molecule has 0 saturated carbocycles. The number of rotatable bonds is 4. The van der Waals surface area contributed by atoms with Crippen molar-refractivity contribution in [3.8, 4) is 0 Å². The topological polar surface area (TPSA) is 93.4 Å². The highest BCUT2D eigenvalue weighted by molar-refractivity contribution is 7.89. The number of nitrogens with two attached hydrogens (primary N) is 1. The van der Waals surface area contributed by atoms with E-state index >= 15 is 0 Å². The van der Waals surface area contributed by atoms with Gasteiger partial charge in [-0.2, -0.15) is 4.31 Å². The van der Waals surface area contributed by atoms with E-state index in [1.807, 2.05) is 0 Å². The Morgan fingerprint density at radius 2 is 2.27 bits per heavy atom. The second-order valence-electron chi connectivity index (χ2n) is 5.52. The molecule has 8 heteroatoms. The molecule has 2 N–H and O–H groups in total. The fraction of sp³-hybridized carbons (Fsp3) is 0.429. The first kappa shape index (κ1) is 15.4. The molecule has 0 radical (unpaired) electrons. The maximum atomic E-state index is 12.8. The Labute approximate surface area is 133 Å². The van der Waals surface area contributed by atoms with Crippen LogP contribution in [0.25, 0.3) is 10.2 Å². The number of carbonyl (C=O) groups is 1. The number of piperidine rings is 1. The first-order valence-corrected chi connectivity index (χ1v) is 9.40. The van der Waals surface area contributed by atoms with Gasteiger partial charge in [0.25, 0.3) is 0 Å². The normalized spacial score (nSPS) is 20.3. The number of hydrogen-bond acceptors (Lipinski definition) is 5. The van der Waals surface area contributed by atoms with Crippen LogP contribution in [0.5, 0.6) is 0 Å². The molecule has 118 valence electrons. The Morgan fingerprint density at radius 3 is 3.05 bits per heavy atom. The van der Waals surface area contributed by atoms with E-state index in [0.717, 1.165) is 23.1 Å². The van der Waals surface area contributed by atoms with Crippen molar-refractivity contribution in [2.24, 2.45) is 11.7 Å². The molecule has 22 heavy (non-hydrogen) atoms. The molecule has 0 spiro atoms. The van der Waals surface area contributed by atoms with Crippen LogP contribution in [-0.2, 0) is 14.8 Å². The summed E-state index contributed by atoms with van der Waals surface area (Å²) >= 11 is 1.42. The van der Waals surface area contributed by atoms with Gasteiger partial charge < -0.3 is 5.73 Å². The fourth-order valence-corrected chi connectivity index (χ4v) is 5.21. The van der Waals surface area contributed by atoms with Crippen molar-refractivity contribution in [2.75, 3.05) is 13.1 Å². The van der Waals surface area contributed by atoms with Crippen LogP contribution in [0.4, 0.5) is 0 Å². The minimum Gasteiger partial charge on any atom is -0.370 e. The summed E-state index contributed by atoms with van der Waals surface area (Å²) in [6, 6.07) is 4.98. The second kappa shape index (κ2) is 5.94. The van der Waals surface area contributed by atoms with Crippen molar-refractivity contribution in [1.29, 1.82) is 0 Å². The third kappa shape index (κ3) is 2.99. The predicted octanol–water partition coefficient (Wildman–Crippen LogP) is 1.57. The van der Waals surface area contributed by atoms with Crippen LogP contribution in [0.15, 0.2) is 28.6 Å². The molecule has 0 aliphatic carbocycles. The molecule has 1 aliphatic heterocycles. The standard InChI is InChI=1S/C14H17N3O3S2/c15-14(18)6-10-2-1-5-17(8-10)22(19,20)11-3-4-12-13(7-11)21-9-16-12/h3-4,7,9-10H,1-2,5-6,8H2,(H2,15,18). The van der Waals surface area contributed by atoms with Crippen molar-refractivity contribution in [2.45, 2.75) is 24.2 Å². The Kier molecular flexibility index (Phi) is 4.16. The maximum Gasteiger partial charge on any atom is 0.243 e. The van der Waals surface area contributed by atoms with Gasteiger partial charge in [0.2, 0.25) is 15.9 Å². The SMILES string of the molecule is NC(=O)CC1CCCN(S(=O)(=O)c2ccc3ncsc3c2)C1. The lowest BCUT2D eigenvalue weighted by Crippen LogP contribution is -2.40. The van der Waals surface area contributed by atoms with E-state index in [1.54, 1.807) is 23.7 Å². The summed E-state index contributed by atoms with van der Waals surface area (Å²) in [5.41, 5.74) is 7.73. The molecule has 6 nitrogen and oxygen atoms in total. The number of amides is 1. The highest BCUT2D eigenvalue weighted by Gasteiger charge is 2.31. The Bertz CT molecular complexity index is 801. The summed E-state index contributed by atoms with van der Waals surface area (Å²) in [6.45, 7) is 0.838. The van der Waals surface area contributed by atoms with Crippen molar-refractivity contribution in [3.05, 3.63) is 23.7 Å². The number of aromatic nitrogens is 1. The minimum absolute atomic E-state index is 0.00756. The number of hydrogen-bond donors (Lipinski definition) is 1. The highest BCUT2D eigenvalue weighted by atomic mass is 32.2. The molecule has 1 aliphatic rings. The molecule has 3 rings (SSSR count). The van der Waals surface area contributed by atoms with Crippen molar-refractivity contribution < 1.29 is 13.2 Å². The Balaban J connectivity index is 1.86. The zero-order valence-electron chi connectivity index (χ0n) is 11.9. The summed E-state index contributed by atoms with van der Waals surface area (Å²) in [5, 5.41) is 0. The summed E-state index contributed by atoms with van der Waals surface area (Å²) in [4.78, 5) is 15.5. The summed E-state index contributed by atoms with van der Waals surface area (Å²) < 4.78 is 27.9. The average molecular weight is 339 g/mol. The lowest BCUT2D eigenvalue weighted by atomic mass is 9.96. The van der Waals surface area contributed by atoms with Gasteiger partial charge in [-0.25, -0.2) is 13.4 Å². The fourth-order valence-electron chi connectivity index (χ4n) is 2.84. The molecule has 1 saturated heterocycles. The van der Waals surface area contributed by atoms with E-state index < -0.39 is 10.0 Å². The quantitative estimate of drug-likeness (QED) is 0.915. The van der Waals surface area contributed by atoms with Crippen molar-refractivity contribution in [1.82, 2.24) is 9.29 Å². The number of primary amides is 1. The number of fused-ring (bicyclic) bond motifs is 1. The Hall–Kier alpha value is -1.51. The largest absolute Gasteiger partial charge is 0.370 e. The first-order valence-electron chi connectivity index (χ1n) is 7.08. The highest BCUT2D eigenvalue weighted by Crippen LogP contribution is 2.28. The monoisotopic (exact) mass is 339 g/mol. The Morgan fingerprint density at radius 1 is 1.45 bits per heavy atom. The predicted molar refractivity (Wildman–Crippen MR) is 84.9 cm³/mol. The van der Waals surface area contributed by atoms with E-state index in [0.29, 0.717) is 13.1 Å². The van der Waals surface area contributed by atoms with Gasteiger partial charge in [0, 0.05) is 19.5 Å². The van der Waals surface area contributed by atoms with Crippen LogP contribution in [0, 0.1) is 5.92 Å². The van der Waals surface area contributed by atoms with Gasteiger partial charge in [-0.15, -0.1) is 11.3 Å². The smallest absolute Gasteiger partial charge is 0.243 e. The molecular weight excluding hydrogens is 322 g/mol. The molecule has 2 aromatic rings. The number of sulfonamides is 1. The molecule has 0 bridgehead atoms. The second-order valence-corrected chi connectivity index (χ2v) is 8.35. The minimum atomic E-state index is -3.54. The maximum absolute atomic E-state index is 12.8. The van der Waals surface area contributed by atoms with Crippen LogP contribution >= 0.6 is 11.3 Å². The summed E-state index contributed by atoms with van der Waals surface area (Å²) in [7, 11) is -3.54. The van der Waals surface area contributed by atoms with Gasteiger partial charge in [0.05, 0.1) is 20.6 Å². The van der Waals surface area contributed by atoms with Gasteiger partial charge in [0.15, 0.2) is 0 Å². The number of thiazole rings is 1. The van der Waals surface area contributed by atoms with Crippen LogP contribution in [0.1, 0.15) is 19.3 Å². The lowest BCUT2D eigenvalue weighted by molar-refractivity contribution is -0.119. The summed E-state index contributed by atoms with van der Waals surface area (Å²) in [5.74, 6) is -0.372. The van der Waals surface area contributed by atoms with E-state index in [4.69, 9.17) is 5.73 Å². The van der Waals surface area contributed by atoms with E-state index in [-0.39, 0.29) is 23.1 Å².